The first-order valence-electron chi connectivity index (χ1n) is 7.32. The monoisotopic (exact) mass is 300 g/mol. The summed E-state index contributed by atoms with van der Waals surface area (Å²) in [7, 11) is 0. The predicted molar refractivity (Wildman–Crippen MR) is 82.9 cm³/mol. The van der Waals surface area contributed by atoms with Gasteiger partial charge in [-0.25, -0.2) is 0 Å². The number of ether oxygens (including phenoxy) is 1. The quantitative estimate of drug-likeness (QED) is 0.887. The molecule has 0 saturated carbocycles. The molecule has 3 rings (SSSR count). The number of hydrogen-bond donors (Lipinski definition) is 2. The predicted octanol–water partition coefficient (Wildman–Crippen LogP) is 1.15. The maximum atomic E-state index is 11.6. The van der Waals surface area contributed by atoms with E-state index in [1.54, 1.807) is 6.92 Å². The highest BCUT2D eigenvalue weighted by molar-refractivity contribution is 5.83. The third kappa shape index (κ3) is 2.88. The molecule has 1 aliphatic heterocycles. The molecular weight excluding hydrogens is 280 g/mol. The number of amides is 1. The lowest BCUT2D eigenvalue weighted by Gasteiger charge is -2.38. The minimum Gasteiger partial charge on any atom is -0.367 e. The van der Waals surface area contributed by atoms with Crippen molar-refractivity contribution in [2.75, 3.05) is 19.7 Å². The highest BCUT2D eigenvalue weighted by atomic mass is 16.5. The van der Waals surface area contributed by atoms with Gasteiger partial charge in [0.05, 0.1) is 18.5 Å². The van der Waals surface area contributed by atoms with Gasteiger partial charge in [-0.15, -0.1) is 0 Å². The van der Waals surface area contributed by atoms with Crippen LogP contribution in [0.2, 0.25) is 0 Å². The van der Waals surface area contributed by atoms with E-state index in [1.807, 2.05) is 36.5 Å². The first kappa shape index (κ1) is 14.7. The SMILES string of the molecule is CC1(C(N)=O)CN(Cc2cn[nH]c2-c2ccccc2)CCO1. The lowest BCUT2D eigenvalue weighted by atomic mass is 10.0. The third-order valence-electron chi connectivity index (χ3n) is 4.05. The Morgan fingerprint density at radius 2 is 2.23 bits per heavy atom. The van der Waals surface area contributed by atoms with Gasteiger partial charge in [0.2, 0.25) is 0 Å². The van der Waals surface area contributed by atoms with Gasteiger partial charge in [0, 0.05) is 25.2 Å². The Morgan fingerprint density at radius 3 is 2.95 bits per heavy atom. The van der Waals surface area contributed by atoms with Gasteiger partial charge in [0.15, 0.2) is 5.60 Å². The second kappa shape index (κ2) is 5.90. The second-order valence-corrected chi connectivity index (χ2v) is 5.79. The summed E-state index contributed by atoms with van der Waals surface area (Å²) in [6.07, 6.45) is 1.83. The molecule has 1 saturated heterocycles. The number of nitrogens with one attached hydrogen (secondary N) is 1. The number of carbonyl (C=O) groups is 1. The molecule has 1 atom stereocenters. The van der Waals surface area contributed by atoms with E-state index in [9.17, 15) is 4.79 Å². The van der Waals surface area contributed by atoms with E-state index >= 15 is 0 Å². The van der Waals surface area contributed by atoms with Crippen LogP contribution < -0.4 is 5.73 Å². The summed E-state index contributed by atoms with van der Waals surface area (Å²) in [4.78, 5) is 13.7. The molecule has 0 radical (unpaired) electrons. The van der Waals surface area contributed by atoms with Crippen molar-refractivity contribution in [1.29, 1.82) is 0 Å². The fourth-order valence-corrected chi connectivity index (χ4v) is 2.76. The molecule has 1 aliphatic rings. The Bertz CT molecular complexity index is 655. The van der Waals surface area contributed by atoms with Crippen molar-refractivity contribution >= 4 is 5.91 Å². The van der Waals surface area contributed by atoms with Crippen LogP contribution >= 0.6 is 0 Å². The molecule has 2 aromatic rings. The van der Waals surface area contributed by atoms with E-state index in [2.05, 4.69) is 15.1 Å². The average Bonchev–Trinajstić information content (AvgIpc) is 2.96. The average molecular weight is 300 g/mol. The van der Waals surface area contributed by atoms with Crippen LogP contribution in [0.3, 0.4) is 0 Å². The Balaban J connectivity index is 1.77. The number of aromatic nitrogens is 2. The van der Waals surface area contributed by atoms with Crippen LogP contribution in [0.4, 0.5) is 0 Å². The van der Waals surface area contributed by atoms with E-state index in [-0.39, 0.29) is 0 Å². The standard InChI is InChI=1S/C16H20N4O2/c1-16(15(17)21)11-20(7-8-22-16)10-13-9-18-19-14(13)12-5-3-2-4-6-12/h2-6,9H,7-8,10-11H2,1H3,(H2,17,21)(H,18,19). The zero-order chi connectivity index (χ0) is 15.6. The third-order valence-corrected chi connectivity index (χ3v) is 4.05. The van der Waals surface area contributed by atoms with Gasteiger partial charge in [0.25, 0.3) is 5.91 Å². The number of aromatic amines is 1. The summed E-state index contributed by atoms with van der Waals surface area (Å²) < 4.78 is 5.55. The van der Waals surface area contributed by atoms with Crippen molar-refractivity contribution in [3.05, 3.63) is 42.1 Å². The van der Waals surface area contributed by atoms with Gasteiger partial charge >= 0.3 is 0 Å². The van der Waals surface area contributed by atoms with E-state index in [0.29, 0.717) is 19.7 Å². The fourth-order valence-electron chi connectivity index (χ4n) is 2.76. The fraction of sp³-hybridized carbons (Fsp3) is 0.375. The van der Waals surface area contributed by atoms with Crippen molar-refractivity contribution in [2.45, 2.75) is 19.1 Å². The van der Waals surface area contributed by atoms with Crippen LogP contribution in [-0.4, -0.2) is 46.3 Å². The molecule has 6 heteroatoms. The first-order chi connectivity index (χ1) is 10.6. The smallest absolute Gasteiger partial charge is 0.250 e. The van der Waals surface area contributed by atoms with Crippen molar-refractivity contribution in [2.24, 2.45) is 5.73 Å². The van der Waals surface area contributed by atoms with Crippen molar-refractivity contribution < 1.29 is 9.53 Å². The van der Waals surface area contributed by atoms with E-state index in [0.717, 1.165) is 23.4 Å². The van der Waals surface area contributed by atoms with Crippen LogP contribution in [0.25, 0.3) is 11.3 Å². The van der Waals surface area contributed by atoms with Crippen LogP contribution in [0.15, 0.2) is 36.5 Å². The summed E-state index contributed by atoms with van der Waals surface area (Å²) in [5.41, 5.74) is 7.73. The zero-order valence-electron chi connectivity index (χ0n) is 12.6. The number of benzene rings is 1. The van der Waals surface area contributed by atoms with Gasteiger partial charge in [-0.2, -0.15) is 5.10 Å². The molecule has 2 heterocycles. The normalized spacial score (nSPS) is 22.6. The van der Waals surface area contributed by atoms with Gasteiger partial charge in [-0.1, -0.05) is 30.3 Å². The molecule has 1 amide bonds. The van der Waals surface area contributed by atoms with Crippen LogP contribution in [0.5, 0.6) is 0 Å². The number of primary amides is 1. The van der Waals surface area contributed by atoms with Gasteiger partial charge in [0.1, 0.15) is 0 Å². The van der Waals surface area contributed by atoms with Crippen LogP contribution in [-0.2, 0) is 16.1 Å². The number of rotatable bonds is 4. The van der Waals surface area contributed by atoms with E-state index in [4.69, 9.17) is 10.5 Å². The Kier molecular flexibility index (Phi) is 3.96. The van der Waals surface area contributed by atoms with Gasteiger partial charge in [-0.05, 0) is 12.5 Å². The molecule has 0 aliphatic carbocycles. The highest BCUT2D eigenvalue weighted by Crippen LogP contribution is 2.24. The molecule has 3 N–H and O–H groups in total. The summed E-state index contributed by atoms with van der Waals surface area (Å²) in [6, 6.07) is 10.1. The number of morpholine rings is 1. The minimum atomic E-state index is -0.922. The molecule has 116 valence electrons. The number of nitrogens with zero attached hydrogens (tertiary/aromatic N) is 2. The number of H-pyrrole nitrogens is 1. The number of hydrogen-bond acceptors (Lipinski definition) is 4. The van der Waals surface area contributed by atoms with E-state index < -0.39 is 11.5 Å². The molecule has 1 aromatic heterocycles. The summed E-state index contributed by atoms with van der Waals surface area (Å²) in [5, 5.41) is 7.22. The zero-order valence-corrected chi connectivity index (χ0v) is 12.6. The van der Waals surface area contributed by atoms with Crippen molar-refractivity contribution in [3.63, 3.8) is 0 Å². The molecule has 1 fully saturated rings. The number of carbonyl (C=O) groups excluding carboxylic acids is 1. The van der Waals surface area contributed by atoms with Gasteiger partial charge in [-0.3, -0.25) is 14.8 Å². The van der Waals surface area contributed by atoms with Crippen molar-refractivity contribution in [3.8, 4) is 11.3 Å². The molecule has 22 heavy (non-hydrogen) atoms. The van der Waals surface area contributed by atoms with Crippen molar-refractivity contribution in [1.82, 2.24) is 15.1 Å². The lowest BCUT2D eigenvalue weighted by Crippen LogP contribution is -2.56. The molecule has 1 aromatic carbocycles. The second-order valence-electron chi connectivity index (χ2n) is 5.79. The van der Waals surface area contributed by atoms with Gasteiger partial charge < -0.3 is 10.5 Å². The summed E-state index contributed by atoms with van der Waals surface area (Å²) in [5.74, 6) is -0.423. The van der Waals surface area contributed by atoms with Crippen LogP contribution in [0.1, 0.15) is 12.5 Å². The topological polar surface area (TPSA) is 84.2 Å². The molecular formula is C16H20N4O2. The summed E-state index contributed by atoms with van der Waals surface area (Å²) in [6.45, 7) is 4.20. The molecule has 0 bridgehead atoms. The lowest BCUT2D eigenvalue weighted by molar-refractivity contribution is -0.153. The Morgan fingerprint density at radius 1 is 1.45 bits per heavy atom. The molecule has 0 spiro atoms. The maximum Gasteiger partial charge on any atom is 0.250 e. The largest absolute Gasteiger partial charge is 0.367 e. The summed E-state index contributed by atoms with van der Waals surface area (Å²) >= 11 is 0. The molecule has 6 nitrogen and oxygen atoms in total. The Labute approximate surface area is 129 Å². The maximum absolute atomic E-state index is 11.6. The molecule has 1 unspecified atom stereocenters. The number of nitrogens with two attached hydrogens (primary N) is 1. The minimum absolute atomic E-state index is 0.423. The highest BCUT2D eigenvalue weighted by Gasteiger charge is 2.37. The van der Waals surface area contributed by atoms with Crippen LogP contribution in [0, 0.1) is 0 Å². The Hall–Kier alpha value is -2.18. The van der Waals surface area contributed by atoms with E-state index in [1.165, 1.54) is 0 Å². The first-order valence-corrected chi connectivity index (χ1v) is 7.32.